The summed E-state index contributed by atoms with van der Waals surface area (Å²) in [4.78, 5) is 8.21. The number of hydrogen-bond acceptors (Lipinski definition) is 1. The summed E-state index contributed by atoms with van der Waals surface area (Å²) in [5.74, 6) is 0. The van der Waals surface area contributed by atoms with Gasteiger partial charge in [-0.3, -0.25) is 0 Å². The third kappa shape index (κ3) is 3.35. The predicted molar refractivity (Wildman–Crippen MR) is 108 cm³/mol. The summed E-state index contributed by atoms with van der Waals surface area (Å²) in [6, 6.07) is 26.3. The van der Waals surface area contributed by atoms with Gasteiger partial charge in [0.05, 0.1) is 0 Å². The predicted octanol–water partition coefficient (Wildman–Crippen LogP) is 5.00. The van der Waals surface area contributed by atoms with Crippen molar-refractivity contribution in [3.8, 4) is 0 Å². The van der Waals surface area contributed by atoms with Gasteiger partial charge >= 0.3 is 156 Å². The summed E-state index contributed by atoms with van der Waals surface area (Å²) in [6.45, 7) is 5.61. The van der Waals surface area contributed by atoms with Crippen LogP contribution in [0.5, 0.6) is 0 Å². The summed E-state index contributed by atoms with van der Waals surface area (Å²) in [5.41, 5.74) is 2.53. The minimum absolute atomic E-state index is 0.350. The van der Waals surface area contributed by atoms with E-state index in [1.807, 2.05) is 0 Å². The van der Waals surface area contributed by atoms with Gasteiger partial charge in [-0.25, -0.2) is 0 Å². The van der Waals surface area contributed by atoms with Gasteiger partial charge in [0.15, 0.2) is 0 Å². The molecule has 3 aromatic rings. The maximum atomic E-state index is 5.14. The van der Waals surface area contributed by atoms with E-state index in [2.05, 4.69) is 91.5 Å². The van der Waals surface area contributed by atoms with Gasteiger partial charge in [0.25, 0.3) is 0 Å². The third-order valence-electron chi connectivity index (χ3n) is 4.63. The summed E-state index contributed by atoms with van der Waals surface area (Å²) >= 11 is 0.350. The van der Waals surface area contributed by atoms with Crippen molar-refractivity contribution >= 4 is 36.2 Å². The van der Waals surface area contributed by atoms with Crippen molar-refractivity contribution in [1.82, 2.24) is 4.90 Å². The van der Waals surface area contributed by atoms with Crippen molar-refractivity contribution in [2.75, 3.05) is 6.54 Å². The molecule has 0 N–H and O–H groups in total. The first-order valence-electron chi connectivity index (χ1n) is 8.77. The van der Waals surface area contributed by atoms with E-state index >= 15 is 0 Å². The van der Waals surface area contributed by atoms with Crippen LogP contribution in [0, 0.1) is 0 Å². The van der Waals surface area contributed by atoms with Crippen molar-refractivity contribution in [2.45, 2.75) is 24.7 Å². The van der Waals surface area contributed by atoms with Gasteiger partial charge in [-0.15, -0.1) is 0 Å². The standard InChI is InChI=1S/C22H22N2Se/c1-16(2)24-15-21(18-10-4-3-5-11-18)25-22(24)23-20-14-8-12-17-9-6-7-13-19(17)20/h3-14,16,21H,15H2,1-2H3. The molecule has 0 spiro atoms. The SMILES string of the molecule is CC(C)N1CC(c2ccccc2)[Se]C1=Nc1cccc2ccccc12. The molecule has 1 aliphatic heterocycles. The zero-order chi connectivity index (χ0) is 17.2. The van der Waals surface area contributed by atoms with Crippen LogP contribution in [0.4, 0.5) is 5.69 Å². The molecule has 3 heteroatoms. The molecule has 1 unspecified atom stereocenters. The summed E-state index contributed by atoms with van der Waals surface area (Å²) in [5, 5.41) is 2.49. The van der Waals surface area contributed by atoms with E-state index in [1.165, 1.54) is 21.1 Å². The molecular formula is C22H22N2Se. The van der Waals surface area contributed by atoms with Crippen LogP contribution in [0.3, 0.4) is 0 Å². The van der Waals surface area contributed by atoms with Crippen LogP contribution in [0.25, 0.3) is 10.8 Å². The average molecular weight is 393 g/mol. The Bertz CT molecular complexity index is 897. The van der Waals surface area contributed by atoms with Crippen LogP contribution >= 0.6 is 0 Å². The summed E-state index contributed by atoms with van der Waals surface area (Å²) in [7, 11) is 0. The molecule has 0 radical (unpaired) electrons. The molecule has 0 amide bonds. The Morgan fingerprint density at radius 3 is 2.44 bits per heavy atom. The molecule has 1 fully saturated rings. The van der Waals surface area contributed by atoms with Gasteiger partial charge in [0.2, 0.25) is 0 Å². The molecule has 25 heavy (non-hydrogen) atoms. The fourth-order valence-electron chi connectivity index (χ4n) is 3.26. The van der Waals surface area contributed by atoms with Crippen LogP contribution in [0.1, 0.15) is 24.2 Å². The van der Waals surface area contributed by atoms with Crippen LogP contribution in [0.15, 0.2) is 77.8 Å². The molecule has 126 valence electrons. The quantitative estimate of drug-likeness (QED) is 0.572. The van der Waals surface area contributed by atoms with Gasteiger partial charge in [-0.1, -0.05) is 0 Å². The maximum absolute atomic E-state index is 5.14. The molecule has 0 bridgehead atoms. The van der Waals surface area contributed by atoms with E-state index in [9.17, 15) is 0 Å². The van der Waals surface area contributed by atoms with Crippen molar-refractivity contribution in [1.29, 1.82) is 0 Å². The molecule has 4 rings (SSSR count). The average Bonchev–Trinajstić information content (AvgIpc) is 3.07. The molecule has 0 aliphatic carbocycles. The Kier molecular flexibility index (Phi) is 4.61. The van der Waals surface area contributed by atoms with E-state index < -0.39 is 0 Å². The van der Waals surface area contributed by atoms with E-state index in [-0.39, 0.29) is 0 Å². The van der Waals surface area contributed by atoms with Crippen molar-refractivity contribution in [3.63, 3.8) is 0 Å². The Morgan fingerprint density at radius 1 is 0.920 bits per heavy atom. The minimum atomic E-state index is 0.350. The van der Waals surface area contributed by atoms with Gasteiger partial charge < -0.3 is 0 Å². The summed E-state index contributed by atoms with van der Waals surface area (Å²) in [6.07, 6.45) is 0. The molecular weight excluding hydrogens is 371 g/mol. The molecule has 0 aromatic heterocycles. The second-order valence-electron chi connectivity index (χ2n) is 6.66. The van der Waals surface area contributed by atoms with Crippen LogP contribution in [-0.4, -0.2) is 37.2 Å². The number of benzene rings is 3. The number of nitrogens with zero attached hydrogens (tertiary/aromatic N) is 2. The molecule has 1 saturated heterocycles. The van der Waals surface area contributed by atoms with Gasteiger partial charge in [-0.2, -0.15) is 0 Å². The fraction of sp³-hybridized carbons (Fsp3) is 0.227. The number of rotatable bonds is 3. The monoisotopic (exact) mass is 394 g/mol. The van der Waals surface area contributed by atoms with Crippen LogP contribution in [0.2, 0.25) is 0 Å². The first kappa shape index (κ1) is 16.4. The molecule has 0 saturated carbocycles. The van der Waals surface area contributed by atoms with E-state index in [1.54, 1.807) is 0 Å². The Labute approximate surface area is 155 Å². The second-order valence-corrected chi connectivity index (χ2v) is 9.11. The first-order chi connectivity index (χ1) is 12.2. The molecule has 3 aromatic carbocycles. The van der Waals surface area contributed by atoms with Crippen molar-refractivity contribution in [3.05, 3.63) is 78.4 Å². The number of amidine groups is 1. The van der Waals surface area contributed by atoms with Crippen LogP contribution in [-0.2, 0) is 0 Å². The van der Waals surface area contributed by atoms with Crippen molar-refractivity contribution < 1.29 is 0 Å². The molecule has 1 aliphatic rings. The molecule has 2 nitrogen and oxygen atoms in total. The van der Waals surface area contributed by atoms with Crippen molar-refractivity contribution in [2.24, 2.45) is 4.99 Å². The van der Waals surface area contributed by atoms with E-state index in [0.717, 1.165) is 12.2 Å². The third-order valence-corrected chi connectivity index (χ3v) is 7.24. The topological polar surface area (TPSA) is 15.6 Å². The Hall–Kier alpha value is -2.09. The van der Waals surface area contributed by atoms with E-state index in [0.29, 0.717) is 25.8 Å². The first-order valence-corrected chi connectivity index (χ1v) is 10.6. The second kappa shape index (κ2) is 7.03. The zero-order valence-electron chi connectivity index (χ0n) is 14.6. The van der Waals surface area contributed by atoms with Gasteiger partial charge in [-0.05, 0) is 0 Å². The molecule has 1 atom stereocenters. The normalized spacial score (nSPS) is 19.2. The fourth-order valence-corrected chi connectivity index (χ4v) is 6.10. The summed E-state index contributed by atoms with van der Waals surface area (Å²) < 4.78 is 1.27. The van der Waals surface area contributed by atoms with Gasteiger partial charge in [0, 0.05) is 0 Å². The molecule has 1 heterocycles. The van der Waals surface area contributed by atoms with Gasteiger partial charge in [0.1, 0.15) is 0 Å². The van der Waals surface area contributed by atoms with E-state index in [4.69, 9.17) is 4.99 Å². The van der Waals surface area contributed by atoms with Crippen LogP contribution < -0.4 is 0 Å². The zero-order valence-corrected chi connectivity index (χ0v) is 16.3. The Morgan fingerprint density at radius 2 is 1.64 bits per heavy atom. The number of aliphatic imine (C=N–C) groups is 1. The Balaban J connectivity index is 1.73. The number of fused-ring (bicyclic) bond motifs is 1. The number of hydrogen-bond donors (Lipinski definition) is 0.